The Balaban J connectivity index is 1.33. The number of hydrogen-bond donors (Lipinski definition) is 2. The minimum absolute atomic E-state index is 0.0136. The number of ether oxygens (including phenoxy) is 1. The van der Waals surface area contributed by atoms with Gasteiger partial charge in [0.25, 0.3) is 11.8 Å². The molecular weight excluding hydrogens is 502 g/mol. The quantitative estimate of drug-likeness (QED) is 0.369. The molecule has 8 heteroatoms. The molecular formula is C32H41N5O3. The van der Waals surface area contributed by atoms with Crippen LogP contribution in [-0.2, 0) is 16.1 Å². The topological polar surface area (TPSA) is 100 Å². The molecule has 1 aliphatic carbocycles. The van der Waals surface area contributed by atoms with Gasteiger partial charge < -0.3 is 25.6 Å². The third-order valence-corrected chi connectivity index (χ3v) is 7.67. The van der Waals surface area contributed by atoms with E-state index in [0.717, 1.165) is 43.5 Å². The number of aliphatic imine (C=N–C) groups is 1. The number of benzene rings is 2. The first kappa shape index (κ1) is 29.2. The molecule has 1 saturated carbocycles. The highest BCUT2D eigenvalue weighted by Gasteiger charge is 2.30. The number of carbonyl (C=O) groups excluding carboxylic acids is 2. The van der Waals surface area contributed by atoms with Crippen molar-refractivity contribution in [1.82, 2.24) is 15.1 Å². The van der Waals surface area contributed by atoms with Crippen molar-refractivity contribution >= 4 is 23.6 Å². The van der Waals surface area contributed by atoms with Gasteiger partial charge in [0.15, 0.2) is 0 Å². The third kappa shape index (κ3) is 7.67. The van der Waals surface area contributed by atoms with Crippen LogP contribution in [0.3, 0.4) is 0 Å². The molecule has 0 bridgehead atoms. The van der Waals surface area contributed by atoms with Crippen molar-refractivity contribution in [3.8, 4) is 0 Å². The van der Waals surface area contributed by atoms with E-state index in [4.69, 9.17) is 10.5 Å². The predicted molar refractivity (Wildman–Crippen MR) is 160 cm³/mol. The summed E-state index contributed by atoms with van der Waals surface area (Å²) in [5.41, 5.74) is 10.8. The predicted octanol–water partition coefficient (Wildman–Crippen LogP) is 3.91. The second-order valence-electron chi connectivity index (χ2n) is 10.8. The van der Waals surface area contributed by atoms with E-state index < -0.39 is 0 Å². The van der Waals surface area contributed by atoms with Gasteiger partial charge in [-0.1, -0.05) is 48.5 Å². The summed E-state index contributed by atoms with van der Waals surface area (Å²) in [6.07, 6.45) is 4.26. The van der Waals surface area contributed by atoms with Crippen LogP contribution in [0.5, 0.6) is 0 Å². The van der Waals surface area contributed by atoms with Crippen LogP contribution >= 0.6 is 0 Å². The van der Waals surface area contributed by atoms with Crippen LogP contribution in [0.2, 0.25) is 0 Å². The number of hydrogen-bond acceptors (Lipinski definition) is 6. The van der Waals surface area contributed by atoms with Gasteiger partial charge in [-0.25, -0.2) is 4.99 Å². The molecule has 0 unspecified atom stereocenters. The van der Waals surface area contributed by atoms with Gasteiger partial charge in [0, 0.05) is 38.0 Å². The standard InChI is InChI=1S/C32H41N5O3/c1-22-8-5-9-25(18-22)21-40-29-13-7-12-28(29)35-31(38)24(3)30(33)34-20-23(2)26-10-6-11-27(19-26)32(39)37-16-14-36(4)15-17-37/h5-6,8-11,18-20,28-29H,2,7,12-17,21,33H2,1,3-4H3,(H,35,38)/b30-24+,34-20?/t28-,29-/m0/s1. The molecule has 1 aliphatic heterocycles. The van der Waals surface area contributed by atoms with Gasteiger partial charge in [-0.2, -0.15) is 0 Å². The lowest BCUT2D eigenvalue weighted by molar-refractivity contribution is -0.119. The van der Waals surface area contributed by atoms with Crippen molar-refractivity contribution in [1.29, 1.82) is 0 Å². The fourth-order valence-corrected chi connectivity index (χ4v) is 5.05. The zero-order valence-corrected chi connectivity index (χ0v) is 23.9. The van der Waals surface area contributed by atoms with Gasteiger partial charge in [-0.15, -0.1) is 0 Å². The Morgan fingerprint density at radius 2 is 1.82 bits per heavy atom. The van der Waals surface area contributed by atoms with Gasteiger partial charge in [-0.05, 0) is 69.0 Å². The largest absolute Gasteiger partial charge is 0.383 e. The molecule has 8 nitrogen and oxygen atoms in total. The smallest absolute Gasteiger partial charge is 0.253 e. The summed E-state index contributed by atoms with van der Waals surface area (Å²) < 4.78 is 6.16. The molecule has 4 rings (SSSR count). The molecule has 212 valence electrons. The third-order valence-electron chi connectivity index (χ3n) is 7.67. The maximum atomic E-state index is 13.0. The second kappa shape index (κ2) is 13.5. The number of nitrogens with two attached hydrogens (primary N) is 1. The fourth-order valence-electron chi connectivity index (χ4n) is 5.05. The minimum Gasteiger partial charge on any atom is -0.383 e. The monoisotopic (exact) mass is 543 g/mol. The first-order chi connectivity index (χ1) is 19.2. The number of nitrogens with one attached hydrogen (secondary N) is 1. The van der Waals surface area contributed by atoms with Crippen LogP contribution in [0.1, 0.15) is 53.2 Å². The molecule has 2 aromatic carbocycles. The second-order valence-corrected chi connectivity index (χ2v) is 10.8. The van der Waals surface area contributed by atoms with Crippen LogP contribution in [0, 0.1) is 6.92 Å². The number of nitrogens with zero attached hydrogens (tertiary/aromatic N) is 3. The van der Waals surface area contributed by atoms with E-state index in [-0.39, 0.29) is 29.8 Å². The Labute approximate surface area is 237 Å². The molecule has 0 aromatic heterocycles. The molecule has 2 atom stereocenters. The Morgan fingerprint density at radius 3 is 2.58 bits per heavy atom. The molecule has 0 radical (unpaired) electrons. The molecule has 1 heterocycles. The van der Waals surface area contributed by atoms with Gasteiger partial charge >= 0.3 is 0 Å². The molecule has 3 N–H and O–H groups in total. The SMILES string of the molecule is C=C(C=N/C(N)=C(\C)C(=O)N[C@H]1CCC[C@@H]1OCc1cccc(C)c1)c1cccc(C(=O)N2CCN(C)CC2)c1. The maximum Gasteiger partial charge on any atom is 0.253 e. The number of amides is 2. The summed E-state index contributed by atoms with van der Waals surface area (Å²) in [7, 11) is 2.06. The average molecular weight is 544 g/mol. The number of rotatable bonds is 9. The van der Waals surface area contributed by atoms with Crippen LogP contribution < -0.4 is 11.1 Å². The first-order valence-electron chi connectivity index (χ1n) is 14.0. The zero-order chi connectivity index (χ0) is 28.6. The molecule has 2 aromatic rings. The summed E-state index contributed by atoms with van der Waals surface area (Å²) in [6.45, 7) is 11.5. The molecule has 40 heavy (non-hydrogen) atoms. The van der Waals surface area contributed by atoms with Crippen LogP contribution in [0.15, 0.2) is 71.5 Å². The van der Waals surface area contributed by atoms with E-state index in [2.05, 4.69) is 54.0 Å². The Kier molecular flexibility index (Phi) is 9.90. The number of carbonyl (C=O) groups is 2. The fraction of sp³-hybridized carbons (Fsp3) is 0.406. The van der Waals surface area contributed by atoms with Crippen LogP contribution in [-0.4, -0.2) is 73.2 Å². The lowest BCUT2D eigenvalue weighted by atomic mass is 10.0. The lowest BCUT2D eigenvalue weighted by Crippen LogP contribution is -2.47. The van der Waals surface area contributed by atoms with Crippen molar-refractivity contribution < 1.29 is 14.3 Å². The van der Waals surface area contributed by atoms with Crippen molar-refractivity contribution in [3.63, 3.8) is 0 Å². The van der Waals surface area contributed by atoms with E-state index in [1.807, 2.05) is 35.2 Å². The molecule has 2 fully saturated rings. The maximum absolute atomic E-state index is 13.0. The summed E-state index contributed by atoms with van der Waals surface area (Å²) in [5, 5.41) is 3.09. The van der Waals surface area contributed by atoms with E-state index in [0.29, 0.717) is 36.4 Å². The van der Waals surface area contributed by atoms with Gasteiger partial charge in [0.1, 0.15) is 5.82 Å². The number of aryl methyl sites for hydroxylation is 1. The first-order valence-corrected chi connectivity index (χ1v) is 14.0. The average Bonchev–Trinajstić information content (AvgIpc) is 3.41. The lowest BCUT2D eigenvalue weighted by Gasteiger charge is -2.32. The number of allylic oxidation sites excluding steroid dienone is 1. The Bertz CT molecular complexity index is 1290. The van der Waals surface area contributed by atoms with Crippen molar-refractivity contribution in [2.75, 3.05) is 33.2 Å². The molecule has 2 amide bonds. The Morgan fingerprint density at radius 1 is 1.10 bits per heavy atom. The zero-order valence-electron chi connectivity index (χ0n) is 23.9. The minimum atomic E-state index is -0.254. The Hall–Kier alpha value is -3.75. The molecule has 1 saturated heterocycles. The van der Waals surface area contributed by atoms with Gasteiger partial charge in [0.2, 0.25) is 0 Å². The van der Waals surface area contributed by atoms with Crippen LogP contribution in [0.4, 0.5) is 0 Å². The van der Waals surface area contributed by atoms with Crippen LogP contribution in [0.25, 0.3) is 5.57 Å². The number of likely N-dealkylation sites (N-methyl/N-ethyl adjacent to an activating group) is 1. The molecule has 2 aliphatic rings. The normalized spacial score (nSPS) is 20.4. The van der Waals surface area contributed by atoms with Crippen molar-refractivity contribution in [2.45, 2.75) is 51.9 Å². The summed E-state index contributed by atoms with van der Waals surface area (Å²) >= 11 is 0. The highest BCUT2D eigenvalue weighted by Crippen LogP contribution is 2.24. The summed E-state index contributed by atoms with van der Waals surface area (Å²) in [4.78, 5) is 34.3. The highest BCUT2D eigenvalue weighted by atomic mass is 16.5. The number of piperazine rings is 1. The van der Waals surface area contributed by atoms with Gasteiger partial charge in [0.05, 0.1) is 24.3 Å². The van der Waals surface area contributed by atoms with E-state index >= 15 is 0 Å². The van der Waals surface area contributed by atoms with Gasteiger partial charge in [-0.3, -0.25) is 9.59 Å². The van der Waals surface area contributed by atoms with E-state index in [1.54, 1.807) is 6.92 Å². The van der Waals surface area contributed by atoms with E-state index in [1.165, 1.54) is 11.8 Å². The summed E-state index contributed by atoms with van der Waals surface area (Å²) in [6, 6.07) is 15.6. The van der Waals surface area contributed by atoms with E-state index in [9.17, 15) is 9.59 Å². The summed E-state index contributed by atoms with van der Waals surface area (Å²) in [5.74, 6) is -0.116. The van der Waals surface area contributed by atoms with Crippen molar-refractivity contribution in [2.24, 2.45) is 10.7 Å². The molecule has 0 spiro atoms. The van der Waals surface area contributed by atoms with Crippen molar-refractivity contribution in [3.05, 3.63) is 88.8 Å². The highest BCUT2D eigenvalue weighted by molar-refractivity contribution is 6.10.